The lowest BCUT2D eigenvalue weighted by atomic mass is 9.75. The monoisotopic (exact) mass is 450 g/mol. The number of amides is 2. The lowest BCUT2D eigenvalue weighted by Gasteiger charge is -2.31. The third kappa shape index (κ3) is 4.74. The van der Waals surface area contributed by atoms with E-state index >= 15 is 0 Å². The van der Waals surface area contributed by atoms with Gasteiger partial charge in [-0.2, -0.15) is 0 Å². The van der Waals surface area contributed by atoms with E-state index in [4.69, 9.17) is 5.73 Å². The molecule has 0 aromatic heterocycles. The molecule has 0 aliphatic heterocycles. The number of hydrogen-bond acceptors (Lipinski definition) is 2. The summed E-state index contributed by atoms with van der Waals surface area (Å²) in [6, 6.07) is 25.9. The van der Waals surface area contributed by atoms with E-state index in [1.54, 1.807) is 0 Å². The number of rotatable bonds is 7. The Labute approximate surface area is 179 Å². The van der Waals surface area contributed by atoms with Gasteiger partial charge in [-0.15, -0.1) is 0 Å². The van der Waals surface area contributed by atoms with Gasteiger partial charge in [0, 0.05) is 10.9 Å². The maximum absolute atomic E-state index is 13.5. The van der Waals surface area contributed by atoms with Gasteiger partial charge in [0.05, 0.1) is 5.41 Å². The van der Waals surface area contributed by atoms with Crippen molar-refractivity contribution in [3.8, 4) is 0 Å². The normalized spacial score (nSPS) is 12.2. The third-order valence-electron chi connectivity index (χ3n) is 5.13. The van der Waals surface area contributed by atoms with Crippen molar-refractivity contribution in [2.45, 2.75) is 24.8 Å². The van der Waals surface area contributed by atoms with Crippen LogP contribution in [0.4, 0.5) is 0 Å². The van der Waals surface area contributed by atoms with Crippen molar-refractivity contribution in [3.63, 3.8) is 0 Å². The Bertz CT molecular complexity index is 951. The number of carbonyl (C=O) groups is 2. The molecule has 3 aromatic carbocycles. The number of halogens is 1. The van der Waals surface area contributed by atoms with Crippen LogP contribution in [0.2, 0.25) is 0 Å². The third-order valence-corrected chi connectivity index (χ3v) is 5.63. The molecule has 4 nitrogen and oxygen atoms in total. The van der Waals surface area contributed by atoms with Crippen molar-refractivity contribution in [1.29, 1.82) is 0 Å². The zero-order valence-corrected chi connectivity index (χ0v) is 17.7. The number of nitrogens with one attached hydrogen (secondary N) is 1. The van der Waals surface area contributed by atoms with Gasteiger partial charge in [0.15, 0.2) is 0 Å². The average Bonchev–Trinajstić information content (AvgIpc) is 2.73. The molecule has 5 heteroatoms. The summed E-state index contributed by atoms with van der Waals surface area (Å²) in [6.07, 6.45) is 0.320. The Kier molecular flexibility index (Phi) is 6.49. The van der Waals surface area contributed by atoms with Gasteiger partial charge >= 0.3 is 0 Å². The van der Waals surface area contributed by atoms with Gasteiger partial charge < -0.3 is 11.1 Å². The van der Waals surface area contributed by atoms with E-state index in [0.717, 1.165) is 21.2 Å². The topological polar surface area (TPSA) is 72.2 Å². The van der Waals surface area contributed by atoms with Crippen LogP contribution in [0.15, 0.2) is 89.4 Å². The van der Waals surface area contributed by atoms with Crippen LogP contribution in [0, 0.1) is 0 Å². The van der Waals surface area contributed by atoms with Crippen molar-refractivity contribution < 1.29 is 9.59 Å². The van der Waals surface area contributed by atoms with Crippen LogP contribution in [0.25, 0.3) is 0 Å². The number of primary amides is 1. The molecule has 0 aliphatic rings. The van der Waals surface area contributed by atoms with Gasteiger partial charge in [-0.3, -0.25) is 9.59 Å². The summed E-state index contributed by atoms with van der Waals surface area (Å²) in [5, 5.41) is 2.89. The molecule has 0 bridgehead atoms. The lowest BCUT2D eigenvalue weighted by Crippen LogP contribution is -2.52. The van der Waals surface area contributed by atoms with Crippen LogP contribution in [0.1, 0.15) is 23.6 Å². The van der Waals surface area contributed by atoms with Crippen molar-refractivity contribution in [2.24, 2.45) is 5.73 Å². The van der Waals surface area contributed by atoms with Gasteiger partial charge in [0.2, 0.25) is 11.8 Å². The van der Waals surface area contributed by atoms with Gasteiger partial charge in [-0.05, 0) is 35.7 Å². The highest BCUT2D eigenvalue weighted by molar-refractivity contribution is 9.10. The van der Waals surface area contributed by atoms with Crippen molar-refractivity contribution in [3.05, 3.63) is 106 Å². The number of hydrogen-bond donors (Lipinski definition) is 2. The summed E-state index contributed by atoms with van der Waals surface area (Å²) in [6.45, 7) is 1.87. The first-order chi connectivity index (χ1) is 13.9. The molecule has 3 aromatic rings. The first kappa shape index (κ1) is 20.8. The van der Waals surface area contributed by atoms with Crippen LogP contribution < -0.4 is 11.1 Å². The molecule has 0 aliphatic carbocycles. The molecule has 0 heterocycles. The minimum atomic E-state index is -0.965. The molecular weight excluding hydrogens is 428 g/mol. The average molecular weight is 451 g/mol. The van der Waals surface area contributed by atoms with E-state index in [1.165, 1.54) is 0 Å². The summed E-state index contributed by atoms with van der Waals surface area (Å²) in [5.74, 6) is -0.838. The van der Waals surface area contributed by atoms with Gasteiger partial charge in [0.1, 0.15) is 6.04 Å². The second-order valence-corrected chi connectivity index (χ2v) is 8.04. The molecule has 0 fully saturated rings. The fourth-order valence-corrected chi connectivity index (χ4v) is 3.84. The smallest absolute Gasteiger partial charge is 0.240 e. The second kappa shape index (κ2) is 9.05. The Hall–Kier alpha value is -2.92. The van der Waals surface area contributed by atoms with Crippen LogP contribution in [-0.2, 0) is 21.4 Å². The minimum Gasteiger partial charge on any atom is -0.368 e. The van der Waals surface area contributed by atoms with E-state index in [2.05, 4.69) is 21.2 Å². The Morgan fingerprint density at radius 1 is 0.931 bits per heavy atom. The zero-order chi connectivity index (χ0) is 20.9. The largest absolute Gasteiger partial charge is 0.368 e. The Balaban J connectivity index is 1.94. The van der Waals surface area contributed by atoms with E-state index in [-0.39, 0.29) is 5.91 Å². The van der Waals surface area contributed by atoms with Gasteiger partial charge in [-0.1, -0.05) is 88.7 Å². The van der Waals surface area contributed by atoms with E-state index in [0.29, 0.717) is 6.42 Å². The number of carbonyl (C=O) groups excluding carboxylic acids is 2. The second-order valence-electron chi connectivity index (χ2n) is 7.12. The van der Waals surface area contributed by atoms with E-state index in [1.807, 2.05) is 91.9 Å². The predicted octanol–water partition coefficient (Wildman–Crippen LogP) is 3.97. The predicted molar refractivity (Wildman–Crippen MR) is 118 cm³/mol. The molecule has 0 saturated heterocycles. The first-order valence-corrected chi connectivity index (χ1v) is 10.2. The maximum atomic E-state index is 13.5. The molecule has 0 spiro atoms. The van der Waals surface area contributed by atoms with Crippen LogP contribution >= 0.6 is 15.9 Å². The standard InChI is InChI=1S/C24H23BrN2O2/c1-24(18-10-4-2-5-11-18,19-12-6-3-7-13-19)23(29)27-21(22(26)28)16-17-9-8-14-20(25)15-17/h2-15,21H,16H2,1H3,(H2,26,28)(H,27,29)/t21-/m1/s1. The van der Waals surface area contributed by atoms with Crippen LogP contribution in [-0.4, -0.2) is 17.9 Å². The molecule has 0 unspecified atom stereocenters. The fourth-order valence-electron chi connectivity index (χ4n) is 3.40. The molecule has 0 saturated carbocycles. The van der Waals surface area contributed by atoms with Crippen molar-refractivity contribution >= 4 is 27.7 Å². The van der Waals surface area contributed by atoms with Gasteiger partial charge in [-0.25, -0.2) is 0 Å². The first-order valence-electron chi connectivity index (χ1n) is 9.37. The highest BCUT2D eigenvalue weighted by Crippen LogP contribution is 2.32. The van der Waals surface area contributed by atoms with E-state index < -0.39 is 17.4 Å². The summed E-state index contributed by atoms with van der Waals surface area (Å²) in [7, 11) is 0. The quantitative estimate of drug-likeness (QED) is 0.571. The van der Waals surface area contributed by atoms with Crippen LogP contribution in [0.3, 0.4) is 0 Å². The highest BCUT2D eigenvalue weighted by atomic mass is 79.9. The van der Waals surface area contributed by atoms with Crippen LogP contribution in [0.5, 0.6) is 0 Å². The lowest BCUT2D eigenvalue weighted by molar-refractivity contribution is -0.129. The summed E-state index contributed by atoms with van der Waals surface area (Å²) in [4.78, 5) is 25.6. The fraction of sp³-hybridized carbons (Fsp3) is 0.167. The van der Waals surface area contributed by atoms with Crippen molar-refractivity contribution in [1.82, 2.24) is 5.32 Å². The molecule has 1 atom stereocenters. The van der Waals surface area contributed by atoms with Gasteiger partial charge in [0.25, 0.3) is 0 Å². The van der Waals surface area contributed by atoms with E-state index in [9.17, 15) is 9.59 Å². The van der Waals surface area contributed by atoms with Crippen molar-refractivity contribution in [2.75, 3.05) is 0 Å². The molecule has 148 valence electrons. The number of nitrogens with two attached hydrogens (primary N) is 1. The highest BCUT2D eigenvalue weighted by Gasteiger charge is 2.38. The summed E-state index contributed by atoms with van der Waals surface area (Å²) in [5.41, 5.74) is 7.25. The Morgan fingerprint density at radius 2 is 1.48 bits per heavy atom. The molecule has 3 N–H and O–H groups in total. The Morgan fingerprint density at radius 3 is 1.97 bits per heavy atom. The molecular formula is C24H23BrN2O2. The molecule has 2 amide bonds. The maximum Gasteiger partial charge on any atom is 0.240 e. The summed E-state index contributed by atoms with van der Waals surface area (Å²) >= 11 is 3.43. The SMILES string of the molecule is CC(C(=O)N[C@H](Cc1cccc(Br)c1)C(N)=O)(c1ccccc1)c1ccccc1. The number of benzene rings is 3. The minimum absolute atomic E-state index is 0.270. The zero-order valence-electron chi connectivity index (χ0n) is 16.1. The molecule has 3 rings (SSSR count). The molecule has 0 radical (unpaired) electrons. The molecule has 29 heavy (non-hydrogen) atoms. The summed E-state index contributed by atoms with van der Waals surface area (Å²) < 4.78 is 0.906.